The van der Waals surface area contributed by atoms with Crippen LogP contribution in [-0.4, -0.2) is 38.0 Å². The summed E-state index contributed by atoms with van der Waals surface area (Å²) >= 11 is 5.99. The van der Waals surface area contributed by atoms with E-state index in [1.807, 2.05) is 37.3 Å². The highest BCUT2D eigenvalue weighted by molar-refractivity contribution is 6.31. The minimum Gasteiger partial charge on any atom is -0.497 e. The molecule has 2 N–H and O–H groups in total. The molecule has 0 unspecified atom stereocenters. The van der Waals surface area contributed by atoms with Gasteiger partial charge in [-0.3, -0.25) is 14.4 Å². The number of halogens is 1. The second kappa shape index (κ2) is 11.8. The number of nitrogens with zero attached hydrogens (tertiary/aromatic N) is 1. The van der Waals surface area contributed by atoms with Crippen LogP contribution in [0.5, 0.6) is 11.5 Å². The summed E-state index contributed by atoms with van der Waals surface area (Å²) in [5.41, 5.74) is 3.14. The second-order valence-electron chi connectivity index (χ2n) is 8.76. The standard InChI is InChI=1S/C28H28ClN3O5/c1-18-3-6-21(29)14-25(18)31-26(33)17-37-24-11-7-22(8-12-24)32-16-20(13-27(32)34)28(35)30-15-19-4-9-23(36-2)10-5-19/h3-12,14,20H,13,15-17H2,1-2H3,(H,30,35)(H,31,33)/t20-/m1/s1. The van der Waals surface area contributed by atoms with E-state index in [0.29, 0.717) is 35.2 Å². The van der Waals surface area contributed by atoms with Gasteiger partial charge in [0, 0.05) is 35.9 Å². The molecule has 4 rings (SSSR count). The van der Waals surface area contributed by atoms with Crippen molar-refractivity contribution >= 4 is 40.7 Å². The van der Waals surface area contributed by atoms with Gasteiger partial charge in [0.15, 0.2) is 6.61 Å². The predicted octanol–water partition coefficient (Wildman–Crippen LogP) is 4.34. The van der Waals surface area contributed by atoms with Crippen LogP contribution >= 0.6 is 11.6 Å². The Morgan fingerprint density at radius 3 is 2.43 bits per heavy atom. The van der Waals surface area contributed by atoms with Crippen molar-refractivity contribution in [2.24, 2.45) is 5.92 Å². The summed E-state index contributed by atoms with van der Waals surface area (Å²) in [6, 6.07) is 19.6. The van der Waals surface area contributed by atoms with E-state index in [1.54, 1.807) is 48.4 Å². The molecule has 37 heavy (non-hydrogen) atoms. The normalized spacial score (nSPS) is 14.8. The molecule has 0 bridgehead atoms. The summed E-state index contributed by atoms with van der Waals surface area (Å²) in [5.74, 6) is 0.219. The molecule has 0 aromatic heterocycles. The van der Waals surface area contributed by atoms with E-state index in [2.05, 4.69) is 10.6 Å². The quantitative estimate of drug-likeness (QED) is 0.436. The molecular formula is C28H28ClN3O5. The first-order valence-electron chi connectivity index (χ1n) is 11.8. The van der Waals surface area contributed by atoms with Crippen molar-refractivity contribution in [3.8, 4) is 11.5 Å². The molecule has 0 radical (unpaired) electrons. The van der Waals surface area contributed by atoms with Crippen LogP contribution in [0.1, 0.15) is 17.5 Å². The number of nitrogens with one attached hydrogen (secondary N) is 2. The van der Waals surface area contributed by atoms with Gasteiger partial charge in [0.25, 0.3) is 5.91 Å². The van der Waals surface area contributed by atoms with E-state index in [0.717, 1.165) is 16.9 Å². The summed E-state index contributed by atoms with van der Waals surface area (Å²) in [6.07, 6.45) is 0.149. The number of carbonyl (C=O) groups excluding carboxylic acids is 3. The van der Waals surface area contributed by atoms with Crippen LogP contribution < -0.4 is 25.0 Å². The maximum Gasteiger partial charge on any atom is 0.262 e. The summed E-state index contributed by atoms with van der Waals surface area (Å²) in [7, 11) is 1.60. The molecule has 3 aromatic carbocycles. The highest BCUT2D eigenvalue weighted by Crippen LogP contribution is 2.27. The van der Waals surface area contributed by atoms with Gasteiger partial charge in [-0.05, 0) is 66.6 Å². The molecule has 1 aliphatic rings. The van der Waals surface area contributed by atoms with Gasteiger partial charge in [0.1, 0.15) is 11.5 Å². The topological polar surface area (TPSA) is 97.0 Å². The van der Waals surface area contributed by atoms with Gasteiger partial charge in [0.05, 0.1) is 13.0 Å². The zero-order valence-corrected chi connectivity index (χ0v) is 21.4. The molecule has 1 fully saturated rings. The van der Waals surface area contributed by atoms with Crippen molar-refractivity contribution in [1.29, 1.82) is 0 Å². The van der Waals surface area contributed by atoms with Crippen molar-refractivity contribution in [3.63, 3.8) is 0 Å². The fraction of sp³-hybridized carbons (Fsp3) is 0.250. The Hall–Kier alpha value is -4.04. The Morgan fingerprint density at radius 2 is 1.73 bits per heavy atom. The van der Waals surface area contributed by atoms with Crippen molar-refractivity contribution in [2.45, 2.75) is 19.9 Å². The lowest BCUT2D eigenvalue weighted by molar-refractivity contribution is -0.126. The van der Waals surface area contributed by atoms with Gasteiger partial charge in [-0.2, -0.15) is 0 Å². The molecule has 9 heteroatoms. The highest BCUT2D eigenvalue weighted by Gasteiger charge is 2.35. The van der Waals surface area contributed by atoms with Crippen molar-refractivity contribution in [3.05, 3.63) is 82.9 Å². The summed E-state index contributed by atoms with van der Waals surface area (Å²) in [6.45, 7) is 2.38. The number of aryl methyl sites for hydroxylation is 1. The van der Waals surface area contributed by atoms with Gasteiger partial charge in [-0.15, -0.1) is 0 Å². The largest absolute Gasteiger partial charge is 0.497 e. The number of carbonyl (C=O) groups is 3. The molecule has 1 saturated heterocycles. The highest BCUT2D eigenvalue weighted by atomic mass is 35.5. The number of methoxy groups -OCH3 is 1. The first-order chi connectivity index (χ1) is 17.8. The minimum atomic E-state index is -0.430. The molecule has 0 aliphatic carbocycles. The first kappa shape index (κ1) is 26.0. The number of amides is 3. The van der Waals surface area contributed by atoms with Crippen molar-refractivity contribution < 1.29 is 23.9 Å². The second-order valence-corrected chi connectivity index (χ2v) is 9.20. The molecule has 0 saturated carbocycles. The number of ether oxygens (including phenoxy) is 2. The molecule has 1 atom stereocenters. The third-order valence-electron chi connectivity index (χ3n) is 6.11. The monoisotopic (exact) mass is 521 g/mol. The molecule has 1 heterocycles. The van der Waals surface area contributed by atoms with Crippen LogP contribution in [0.25, 0.3) is 0 Å². The minimum absolute atomic E-state index is 0.116. The smallest absolute Gasteiger partial charge is 0.262 e. The van der Waals surface area contributed by atoms with Crippen LogP contribution in [0.3, 0.4) is 0 Å². The fourth-order valence-electron chi connectivity index (χ4n) is 4.00. The predicted molar refractivity (Wildman–Crippen MR) is 142 cm³/mol. The SMILES string of the molecule is COc1ccc(CNC(=O)[C@@H]2CC(=O)N(c3ccc(OCC(=O)Nc4cc(Cl)ccc4C)cc3)C2)cc1. The lowest BCUT2D eigenvalue weighted by Gasteiger charge is -2.17. The van der Waals surface area contributed by atoms with Crippen LogP contribution in [0.15, 0.2) is 66.7 Å². The van der Waals surface area contributed by atoms with E-state index in [9.17, 15) is 14.4 Å². The zero-order valence-electron chi connectivity index (χ0n) is 20.6. The Bertz CT molecular complexity index is 1280. The van der Waals surface area contributed by atoms with Gasteiger partial charge in [-0.25, -0.2) is 0 Å². The molecule has 3 aromatic rings. The Balaban J connectivity index is 1.26. The van der Waals surface area contributed by atoms with Crippen LogP contribution in [0.2, 0.25) is 5.02 Å². The number of benzene rings is 3. The van der Waals surface area contributed by atoms with Crippen LogP contribution in [0.4, 0.5) is 11.4 Å². The third kappa shape index (κ3) is 6.80. The molecule has 8 nitrogen and oxygen atoms in total. The number of hydrogen-bond acceptors (Lipinski definition) is 5. The summed E-state index contributed by atoms with van der Waals surface area (Å²) in [4.78, 5) is 39.1. The van der Waals surface area contributed by atoms with E-state index in [4.69, 9.17) is 21.1 Å². The van der Waals surface area contributed by atoms with Crippen molar-refractivity contribution in [1.82, 2.24) is 5.32 Å². The molecular weight excluding hydrogens is 494 g/mol. The molecule has 3 amide bonds. The Labute approximate surface area is 220 Å². The van der Waals surface area contributed by atoms with Gasteiger partial charge in [0.2, 0.25) is 11.8 Å². The van der Waals surface area contributed by atoms with Gasteiger partial charge in [-0.1, -0.05) is 29.8 Å². The molecule has 192 valence electrons. The van der Waals surface area contributed by atoms with E-state index >= 15 is 0 Å². The maximum atomic E-state index is 12.7. The van der Waals surface area contributed by atoms with Crippen LogP contribution in [-0.2, 0) is 20.9 Å². The number of anilines is 2. The Kier molecular flexibility index (Phi) is 8.30. The van der Waals surface area contributed by atoms with E-state index in [1.165, 1.54) is 0 Å². The summed E-state index contributed by atoms with van der Waals surface area (Å²) < 4.78 is 10.7. The molecule has 1 aliphatic heterocycles. The number of rotatable bonds is 9. The first-order valence-corrected chi connectivity index (χ1v) is 12.2. The average Bonchev–Trinajstić information content (AvgIpc) is 3.30. The van der Waals surface area contributed by atoms with Gasteiger partial charge >= 0.3 is 0 Å². The molecule has 0 spiro atoms. The fourth-order valence-corrected chi connectivity index (χ4v) is 4.17. The van der Waals surface area contributed by atoms with Gasteiger partial charge < -0.3 is 25.0 Å². The lowest BCUT2D eigenvalue weighted by atomic mass is 10.1. The lowest BCUT2D eigenvalue weighted by Crippen LogP contribution is -2.32. The Morgan fingerprint density at radius 1 is 1.03 bits per heavy atom. The van der Waals surface area contributed by atoms with E-state index in [-0.39, 0.29) is 30.7 Å². The summed E-state index contributed by atoms with van der Waals surface area (Å²) in [5, 5.41) is 6.22. The average molecular weight is 522 g/mol. The maximum absolute atomic E-state index is 12.7. The zero-order chi connectivity index (χ0) is 26.4. The number of hydrogen-bond donors (Lipinski definition) is 2. The van der Waals surface area contributed by atoms with Crippen LogP contribution in [0, 0.1) is 12.8 Å². The van der Waals surface area contributed by atoms with Crippen molar-refractivity contribution in [2.75, 3.05) is 30.5 Å². The van der Waals surface area contributed by atoms with E-state index < -0.39 is 5.92 Å². The third-order valence-corrected chi connectivity index (χ3v) is 6.35.